The van der Waals surface area contributed by atoms with Gasteiger partial charge in [0.25, 0.3) is 5.91 Å². The number of carbonyl (C=O) groups excluding carboxylic acids is 3. The lowest BCUT2D eigenvalue weighted by molar-refractivity contribution is -0.119. The van der Waals surface area contributed by atoms with Crippen LogP contribution in [0, 0.1) is 0 Å². The van der Waals surface area contributed by atoms with Gasteiger partial charge in [-0.2, -0.15) is 0 Å². The summed E-state index contributed by atoms with van der Waals surface area (Å²) in [5.74, 6) is -0.331. The first-order chi connectivity index (χ1) is 17.8. The van der Waals surface area contributed by atoms with Crippen LogP contribution in [0.1, 0.15) is 54.6 Å². The lowest BCUT2D eigenvalue weighted by Gasteiger charge is -2.09. The maximum atomic E-state index is 12.6. The fourth-order valence-electron chi connectivity index (χ4n) is 3.36. The molecule has 1 aliphatic heterocycles. The predicted octanol–water partition coefficient (Wildman–Crippen LogP) is 2.88. The SMILES string of the molecule is CCCN(F)CCC.NCC(=O)NCc1cncc(NC(=O)c2ccc3c(c2)N=C(N)CC(C=O)=C3)c1. The van der Waals surface area contributed by atoms with Crippen molar-refractivity contribution < 1.29 is 18.9 Å². The Labute approximate surface area is 216 Å². The molecule has 0 aliphatic carbocycles. The third-order valence-corrected chi connectivity index (χ3v) is 5.09. The summed E-state index contributed by atoms with van der Waals surface area (Å²) >= 11 is 0. The Hall–Kier alpha value is -3.96. The molecule has 6 N–H and O–H groups in total. The number of anilines is 1. The van der Waals surface area contributed by atoms with E-state index in [1.165, 1.54) is 6.20 Å². The molecule has 0 fully saturated rings. The number of hydrogen-bond acceptors (Lipinski definition) is 8. The highest BCUT2D eigenvalue weighted by Gasteiger charge is 2.13. The molecule has 0 atom stereocenters. The fraction of sp³-hybridized carbons (Fsp3) is 0.346. The quantitative estimate of drug-likeness (QED) is 0.282. The first-order valence-electron chi connectivity index (χ1n) is 12.0. The molecular formula is C26H34FN7O3. The molecule has 0 saturated heterocycles. The predicted molar refractivity (Wildman–Crippen MR) is 143 cm³/mol. The lowest BCUT2D eigenvalue weighted by Crippen LogP contribution is -2.29. The molecular weight excluding hydrogens is 477 g/mol. The van der Waals surface area contributed by atoms with Crippen LogP contribution in [0.5, 0.6) is 0 Å². The van der Waals surface area contributed by atoms with Gasteiger partial charge in [-0.1, -0.05) is 19.9 Å². The Morgan fingerprint density at radius 3 is 2.54 bits per heavy atom. The zero-order valence-corrected chi connectivity index (χ0v) is 21.2. The number of nitrogens with zero attached hydrogens (tertiary/aromatic N) is 3. The van der Waals surface area contributed by atoms with Crippen LogP contribution >= 0.6 is 0 Å². The van der Waals surface area contributed by atoms with Crippen molar-refractivity contribution >= 4 is 41.4 Å². The van der Waals surface area contributed by atoms with Crippen LogP contribution in [0.2, 0.25) is 0 Å². The summed E-state index contributed by atoms with van der Waals surface area (Å²) in [6.45, 7) is 5.26. The van der Waals surface area contributed by atoms with Gasteiger partial charge in [-0.15, -0.1) is 9.60 Å². The monoisotopic (exact) mass is 511 g/mol. The Bertz CT molecular complexity index is 1140. The number of hydrogen-bond donors (Lipinski definition) is 4. The molecule has 2 amide bonds. The Kier molecular flexibility index (Phi) is 12.0. The highest BCUT2D eigenvalue weighted by atomic mass is 19.2. The van der Waals surface area contributed by atoms with Gasteiger partial charge in [-0.05, 0) is 42.7 Å². The summed E-state index contributed by atoms with van der Waals surface area (Å²) in [6.07, 6.45) is 7.60. The third-order valence-electron chi connectivity index (χ3n) is 5.09. The number of nitrogens with one attached hydrogen (secondary N) is 2. The van der Waals surface area contributed by atoms with Crippen LogP contribution < -0.4 is 22.1 Å². The molecule has 2 aromatic rings. The number of aldehydes is 1. The first kappa shape index (κ1) is 29.3. The van der Waals surface area contributed by atoms with Gasteiger partial charge in [-0.25, -0.2) is 4.99 Å². The van der Waals surface area contributed by atoms with E-state index in [-0.39, 0.29) is 31.3 Å². The number of pyridine rings is 1. The van der Waals surface area contributed by atoms with Crippen molar-refractivity contribution in [3.63, 3.8) is 0 Å². The zero-order valence-electron chi connectivity index (χ0n) is 21.2. The molecule has 1 aliphatic rings. The molecule has 198 valence electrons. The van der Waals surface area contributed by atoms with Crippen molar-refractivity contribution in [3.05, 3.63) is 58.9 Å². The van der Waals surface area contributed by atoms with Gasteiger partial charge in [0.1, 0.15) is 12.1 Å². The normalized spacial score (nSPS) is 12.2. The molecule has 0 radical (unpaired) electrons. The minimum Gasteiger partial charge on any atom is -0.387 e. The molecule has 0 bridgehead atoms. The number of halogens is 1. The Morgan fingerprint density at radius 1 is 1.16 bits per heavy atom. The van der Waals surface area contributed by atoms with Gasteiger partial charge in [0.05, 0.1) is 24.1 Å². The highest BCUT2D eigenvalue weighted by molar-refractivity contribution is 6.06. The summed E-state index contributed by atoms with van der Waals surface area (Å²) in [5, 5.41) is 6.26. The minimum atomic E-state index is -0.352. The van der Waals surface area contributed by atoms with E-state index in [0.29, 0.717) is 47.0 Å². The number of rotatable bonds is 10. The smallest absolute Gasteiger partial charge is 0.255 e. The minimum absolute atomic E-state index is 0.0985. The van der Waals surface area contributed by atoms with E-state index < -0.39 is 0 Å². The maximum Gasteiger partial charge on any atom is 0.255 e. The van der Waals surface area contributed by atoms with E-state index >= 15 is 0 Å². The topological polar surface area (TPSA) is 156 Å². The van der Waals surface area contributed by atoms with Crippen molar-refractivity contribution in [2.75, 3.05) is 25.0 Å². The molecule has 11 heteroatoms. The van der Waals surface area contributed by atoms with Crippen LogP contribution in [0.25, 0.3) is 6.08 Å². The van der Waals surface area contributed by atoms with E-state index in [0.717, 1.165) is 29.8 Å². The number of fused-ring (bicyclic) bond motifs is 1. The van der Waals surface area contributed by atoms with E-state index in [1.54, 1.807) is 36.5 Å². The van der Waals surface area contributed by atoms with Crippen molar-refractivity contribution in [2.45, 2.75) is 39.7 Å². The van der Waals surface area contributed by atoms with Crippen molar-refractivity contribution in [2.24, 2.45) is 16.5 Å². The van der Waals surface area contributed by atoms with Crippen LogP contribution in [0.15, 0.2) is 47.2 Å². The zero-order chi connectivity index (χ0) is 27.2. The molecule has 37 heavy (non-hydrogen) atoms. The van der Waals surface area contributed by atoms with Gasteiger partial charge in [0.15, 0.2) is 0 Å². The van der Waals surface area contributed by atoms with E-state index in [9.17, 15) is 18.9 Å². The van der Waals surface area contributed by atoms with Crippen molar-refractivity contribution in [3.8, 4) is 0 Å². The highest BCUT2D eigenvalue weighted by Crippen LogP contribution is 2.27. The molecule has 0 unspecified atom stereocenters. The first-order valence-corrected chi connectivity index (χ1v) is 12.0. The molecule has 1 aromatic heterocycles. The van der Waals surface area contributed by atoms with Crippen LogP contribution in [0.4, 0.5) is 15.9 Å². The van der Waals surface area contributed by atoms with Gasteiger partial charge in [-0.3, -0.25) is 19.4 Å². The lowest BCUT2D eigenvalue weighted by atomic mass is 10.1. The molecule has 0 saturated carbocycles. The van der Waals surface area contributed by atoms with E-state index in [4.69, 9.17) is 11.5 Å². The van der Waals surface area contributed by atoms with Gasteiger partial charge in [0.2, 0.25) is 5.91 Å². The standard InChI is InChI=1S/C20H20N6O3.C6H14FN/c21-7-19(28)24-9-13-4-16(10-23-8-13)25-20(29)15-2-1-14-3-12(11-27)5-18(22)26-17(14)6-15;1-3-5-8(7)6-4-2/h1-4,6,8,10-11H,5,7,9,21H2,(H2,22,26)(H,24,28)(H,25,29);3-6H2,1-2H3. The Morgan fingerprint density at radius 2 is 1.89 bits per heavy atom. The van der Waals surface area contributed by atoms with E-state index in [2.05, 4.69) is 20.6 Å². The molecule has 2 heterocycles. The second kappa shape index (κ2) is 15.2. The largest absolute Gasteiger partial charge is 0.387 e. The number of aliphatic imine (C=N–C) groups is 1. The second-order valence-corrected chi connectivity index (χ2v) is 8.32. The van der Waals surface area contributed by atoms with Crippen molar-refractivity contribution in [1.29, 1.82) is 0 Å². The molecule has 10 nitrogen and oxygen atoms in total. The summed E-state index contributed by atoms with van der Waals surface area (Å²) in [7, 11) is 0. The van der Waals surface area contributed by atoms with E-state index in [1.807, 2.05) is 13.8 Å². The summed E-state index contributed by atoms with van der Waals surface area (Å²) in [4.78, 5) is 43.4. The van der Waals surface area contributed by atoms with Crippen LogP contribution in [-0.2, 0) is 16.1 Å². The van der Waals surface area contributed by atoms with Gasteiger partial charge in [0, 0.05) is 49.0 Å². The summed E-state index contributed by atoms with van der Waals surface area (Å²) < 4.78 is 12.2. The number of carbonyl (C=O) groups is 3. The summed E-state index contributed by atoms with van der Waals surface area (Å²) in [5.41, 5.74) is 14.4. The average molecular weight is 512 g/mol. The number of aromatic nitrogens is 1. The molecule has 3 rings (SSSR count). The maximum absolute atomic E-state index is 12.6. The number of benzene rings is 1. The molecule has 0 spiro atoms. The molecule has 1 aromatic carbocycles. The van der Waals surface area contributed by atoms with Crippen LogP contribution in [-0.4, -0.2) is 53.7 Å². The fourth-order valence-corrected chi connectivity index (χ4v) is 3.36. The Balaban J connectivity index is 0.000000521. The second-order valence-electron chi connectivity index (χ2n) is 8.32. The average Bonchev–Trinajstić information content (AvgIpc) is 3.05. The van der Waals surface area contributed by atoms with Crippen LogP contribution in [0.3, 0.4) is 0 Å². The number of nitrogens with two attached hydrogens (primary N) is 2. The number of amides is 2. The summed E-state index contributed by atoms with van der Waals surface area (Å²) in [6, 6.07) is 6.68. The van der Waals surface area contributed by atoms with Gasteiger partial charge < -0.3 is 22.1 Å². The third kappa shape index (κ3) is 9.90. The van der Waals surface area contributed by atoms with Crippen molar-refractivity contribution in [1.82, 2.24) is 15.4 Å². The van der Waals surface area contributed by atoms with Gasteiger partial charge >= 0.3 is 0 Å². The number of amidine groups is 1.